The zero-order valence-electron chi connectivity index (χ0n) is 16.5. The Balaban J connectivity index is 1.71. The van der Waals surface area contributed by atoms with Crippen LogP contribution in [0.1, 0.15) is 83.5 Å². The Morgan fingerprint density at radius 3 is 2.19 bits per heavy atom. The highest BCUT2D eigenvalue weighted by molar-refractivity contribution is 4.87. The smallest absolute Gasteiger partial charge is 0.0179 e. The van der Waals surface area contributed by atoms with Crippen molar-refractivity contribution in [1.82, 2.24) is 38.1 Å². The van der Waals surface area contributed by atoms with Crippen LogP contribution in [-0.4, -0.2) is 24.6 Å². The van der Waals surface area contributed by atoms with Crippen LogP contribution in [0.25, 0.3) is 0 Å². The van der Waals surface area contributed by atoms with Crippen LogP contribution in [0.4, 0.5) is 0 Å². The number of hydrogen-bond acceptors (Lipinski definition) is 7. The maximum atomic E-state index is 3.26. The summed E-state index contributed by atoms with van der Waals surface area (Å²) in [4.78, 5) is 0. The summed E-state index contributed by atoms with van der Waals surface area (Å²) in [7, 11) is 0. The maximum absolute atomic E-state index is 3.26. The molecule has 7 heteroatoms. The third-order valence-corrected chi connectivity index (χ3v) is 5.33. The zero-order valence-corrected chi connectivity index (χ0v) is 16.5. The first kappa shape index (κ1) is 21.8. The van der Waals surface area contributed by atoms with Gasteiger partial charge in [-0.1, -0.05) is 69.9 Å². The molecule has 0 saturated carbocycles. The molecule has 1 saturated heterocycles. The normalized spacial score (nSPS) is 29.8. The third kappa shape index (κ3) is 11.2. The molecule has 0 aromatic heterocycles. The Hall–Kier alpha value is -0.540. The van der Waals surface area contributed by atoms with Gasteiger partial charge >= 0.3 is 0 Å². The van der Waals surface area contributed by atoms with Gasteiger partial charge in [0.05, 0.1) is 0 Å². The van der Waals surface area contributed by atoms with Crippen molar-refractivity contribution in [1.29, 1.82) is 0 Å². The predicted molar refractivity (Wildman–Crippen MR) is 108 cm³/mol. The van der Waals surface area contributed by atoms with E-state index in [1.807, 2.05) is 0 Å². The monoisotopic (exact) mass is 367 g/mol. The number of hydrazine groups is 6. The molecule has 6 N–H and O–H groups in total. The van der Waals surface area contributed by atoms with Gasteiger partial charge in [0.2, 0.25) is 0 Å². The lowest BCUT2D eigenvalue weighted by Crippen LogP contribution is -2.62. The molecule has 0 aromatic rings. The second-order valence-corrected chi connectivity index (χ2v) is 7.67. The molecule has 2 atom stereocenters. The van der Waals surface area contributed by atoms with Crippen LogP contribution in [0.5, 0.6) is 0 Å². The van der Waals surface area contributed by atoms with Gasteiger partial charge in [-0.25, -0.2) is 10.4 Å². The quantitative estimate of drug-likeness (QED) is 0.368. The second-order valence-electron chi connectivity index (χ2n) is 7.67. The zero-order chi connectivity index (χ0) is 18.1. The molecule has 7 nitrogen and oxygen atoms in total. The van der Waals surface area contributed by atoms with Gasteiger partial charge < -0.3 is 0 Å². The van der Waals surface area contributed by atoms with Crippen LogP contribution in [0.2, 0.25) is 0 Å². The van der Waals surface area contributed by atoms with Crippen LogP contribution >= 0.6 is 0 Å². The van der Waals surface area contributed by atoms with Crippen molar-refractivity contribution in [2.24, 2.45) is 5.92 Å². The van der Waals surface area contributed by atoms with E-state index in [1.54, 1.807) is 0 Å². The van der Waals surface area contributed by atoms with E-state index in [0.29, 0.717) is 0 Å². The van der Waals surface area contributed by atoms with E-state index >= 15 is 0 Å². The van der Waals surface area contributed by atoms with Crippen molar-refractivity contribution in [3.8, 4) is 0 Å². The largest absolute Gasteiger partial charge is 0.243 e. The maximum Gasteiger partial charge on any atom is 0.0179 e. The Bertz CT molecular complexity index is 351. The molecular weight excluding hydrogens is 326 g/mol. The number of nitrogens with zero attached hydrogens (tertiary/aromatic N) is 1. The fraction of sp³-hybridized carbons (Fsp3) is 0.895. The summed E-state index contributed by atoms with van der Waals surface area (Å²) < 4.78 is 0. The minimum Gasteiger partial charge on any atom is -0.243 e. The van der Waals surface area contributed by atoms with Gasteiger partial charge in [0.1, 0.15) is 0 Å². The summed E-state index contributed by atoms with van der Waals surface area (Å²) in [5.74, 6) is 0.739. The summed E-state index contributed by atoms with van der Waals surface area (Å²) in [5.41, 5.74) is 18.2. The van der Waals surface area contributed by atoms with Crippen molar-refractivity contribution in [2.75, 3.05) is 19.6 Å². The molecule has 0 spiro atoms. The Morgan fingerprint density at radius 2 is 1.38 bits per heavy atom. The highest BCUT2D eigenvalue weighted by Crippen LogP contribution is 2.19. The number of rotatable bonds is 0. The molecule has 152 valence electrons. The van der Waals surface area contributed by atoms with Crippen molar-refractivity contribution >= 4 is 0 Å². The van der Waals surface area contributed by atoms with Crippen molar-refractivity contribution in [3.63, 3.8) is 0 Å². The molecular formula is C19H41N7. The summed E-state index contributed by atoms with van der Waals surface area (Å²) in [6, 6.07) is 0. The number of nitrogens with one attached hydrogen (secondary N) is 6. The van der Waals surface area contributed by atoms with Crippen molar-refractivity contribution < 1.29 is 0 Å². The van der Waals surface area contributed by atoms with E-state index in [9.17, 15) is 0 Å². The first-order valence-corrected chi connectivity index (χ1v) is 10.8. The average molecular weight is 368 g/mol. The van der Waals surface area contributed by atoms with Crippen LogP contribution in [0, 0.1) is 5.92 Å². The molecule has 2 bridgehead atoms. The Morgan fingerprint density at radius 1 is 0.692 bits per heavy atom. The molecule has 2 unspecified atom stereocenters. The topological polar surface area (TPSA) is 75.4 Å². The van der Waals surface area contributed by atoms with Crippen LogP contribution in [0.3, 0.4) is 0 Å². The van der Waals surface area contributed by atoms with Gasteiger partial charge in [0.25, 0.3) is 0 Å². The van der Waals surface area contributed by atoms with Gasteiger partial charge in [0.15, 0.2) is 0 Å². The molecule has 0 aromatic carbocycles. The molecule has 0 radical (unpaired) electrons. The lowest BCUT2D eigenvalue weighted by Gasteiger charge is -2.29. The van der Waals surface area contributed by atoms with Crippen LogP contribution in [0.15, 0.2) is 12.2 Å². The molecule has 0 aliphatic carbocycles. The molecule has 2 heterocycles. The van der Waals surface area contributed by atoms with E-state index in [4.69, 9.17) is 0 Å². The third-order valence-electron chi connectivity index (χ3n) is 5.33. The number of allylic oxidation sites excluding steroid dienone is 1. The van der Waals surface area contributed by atoms with E-state index in [2.05, 4.69) is 50.3 Å². The fourth-order valence-electron chi connectivity index (χ4n) is 3.76. The average Bonchev–Trinajstić information content (AvgIpc) is 2.62. The van der Waals surface area contributed by atoms with Gasteiger partial charge in [-0.05, 0) is 31.6 Å². The first-order chi connectivity index (χ1) is 12.9. The second kappa shape index (κ2) is 15.5. The lowest BCUT2D eigenvalue weighted by molar-refractivity contribution is 0.0979. The van der Waals surface area contributed by atoms with Crippen molar-refractivity contribution in [2.45, 2.75) is 83.5 Å². The molecule has 2 rings (SSSR count). The van der Waals surface area contributed by atoms with Gasteiger partial charge in [-0.15, -0.1) is 0 Å². The predicted octanol–water partition coefficient (Wildman–Crippen LogP) is 2.59. The van der Waals surface area contributed by atoms with Crippen molar-refractivity contribution in [3.05, 3.63) is 12.2 Å². The summed E-state index contributed by atoms with van der Waals surface area (Å²) >= 11 is 0. The van der Waals surface area contributed by atoms with Crippen LogP contribution < -0.4 is 33.1 Å². The minimum atomic E-state index is 0.739. The Kier molecular flexibility index (Phi) is 13.0. The molecule has 1 fully saturated rings. The highest BCUT2D eigenvalue weighted by Gasteiger charge is 2.14. The molecule has 26 heavy (non-hydrogen) atoms. The first-order valence-electron chi connectivity index (χ1n) is 10.8. The number of hydrogen-bond donors (Lipinski definition) is 6. The minimum absolute atomic E-state index is 0.739. The van der Waals surface area contributed by atoms with E-state index in [-0.39, 0.29) is 0 Å². The lowest BCUT2D eigenvalue weighted by atomic mass is 9.95. The summed E-state index contributed by atoms with van der Waals surface area (Å²) in [6.45, 7) is 3.08. The SMILES string of the molecule is C1=CCC2CCCCCCCCCCCCNNNNNNN(CC1)C2. The van der Waals surface area contributed by atoms with Gasteiger partial charge in [0, 0.05) is 19.6 Å². The van der Waals surface area contributed by atoms with Gasteiger partial charge in [-0.3, -0.25) is 0 Å². The standard InChI is InChI=1S/C19H41N7/c1-2-4-6-8-12-16-20-21-22-23-24-25-26-17-13-9-11-15-19(18-26)14-10-7-5-3-1/h9,11,19-25H,1-8,10,12-18H2. The molecule has 2 aliphatic rings. The summed E-state index contributed by atoms with van der Waals surface area (Å²) in [5, 5.41) is 2.28. The molecule has 0 amide bonds. The fourth-order valence-corrected chi connectivity index (χ4v) is 3.76. The highest BCUT2D eigenvalue weighted by atomic mass is 15.9. The summed E-state index contributed by atoms with van der Waals surface area (Å²) in [6.07, 6.45) is 22.1. The van der Waals surface area contributed by atoms with E-state index < -0.39 is 0 Å². The van der Waals surface area contributed by atoms with E-state index in [1.165, 1.54) is 77.0 Å². The van der Waals surface area contributed by atoms with E-state index in [0.717, 1.165) is 32.0 Å². The van der Waals surface area contributed by atoms with Gasteiger partial charge in [-0.2, -0.15) is 27.7 Å². The number of fused-ring (bicyclic) bond motifs is 2. The Labute approximate surface area is 159 Å². The van der Waals surface area contributed by atoms with Crippen LogP contribution in [-0.2, 0) is 0 Å². The molecule has 2 aliphatic heterocycles.